The fourth-order valence-corrected chi connectivity index (χ4v) is 4.65. The molecule has 0 radical (unpaired) electrons. The predicted molar refractivity (Wildman–Crippen MR) is 130 cm³/mol. The average molecular weight is 442 g/mol. The zero-order valence-corrected chi connectivity index (χ0v) is 19.3. The third-order valence-corrected chi connectivity index (χ3v) is 6.47. The Morgan fingerprint density at radius 3 is 2.58 bits per heavy atom. The summed E-state index contributed by atoms with van der Waals surface area (Å²) in [7, 11) is 0. The summed E-state index contributed by atoms with van der Waals surface area (Å²) in [5.41, 5.74) is 3.02. The Balaban J connectivity index is 1.49. The number of carboxylic acid groups (broad SMARTS) is 1. The van der Waals surface area contributed by atoms with Crippen molar-refractivity contribution in [1.82, 2.24) is 14.8 Å². The standard InChI is InChI=1S/C28H31N3O2/c1-2-3-13-27-29-26(19-16-21-9-5-4-6-10-21)30-31(27)20-22-14-17-23(18-15-22)24-11-7-8-12-25(24)28(32)33/h7-8,11-12,14-15,17-18,21H,4-6,9-10,13,16,19-20H2,1H3,(H,32,33). The third kappa shape index (κ3) is 5.90. The second kappa shape index (κ2) is 11.0. The molecule has 0 amide bonds. The lowest BCUT2D eigenvalue weighted by atomic mass is 9.86. The molecule has 170 valence electrons. The van der Waals surface area contributed by atoms with Gasteiger partial charge in [0.25, 0.3) is 0 Å². The summed E-state index contributed by atoms with van der Waals surface area (Å²) in [6.45, 7) is 2.47. The van der Waals surface area contributed by atoms with Crippen LogP contribution >= 0.6 is 0 Å². The summed E-state index contributed by atoms with van der Waals surface area (Å²) in [6.07, 6.45) is 9.46. The maximum absolute atomic E-state index is 11.6. The molecule has 33 heavy (non-hydrogen) atoms. The van der Waals surface area contributed by atoms with Crippen LogP contribution in [0.25, 0.3) is 11.1 Å². The van der Waals surface area contributed by atoms with Crippen LogP contribution in [0.4, 0.5) is 0 Å². The van der Waals surface area contributed by atoms with Gasteiger partial charge in [0.2, 0.25) is 0 Å². The quantitative estimate of drug-likeness (QED) is 0.451. The Bertz CT molecular complexity index is 1150. The Morgan fingerprint density at radius 1 is 1.09 bits per heavy atom. The van der Waals surface area contributed by atoms with Crippen molar-refractivity contribution in [2.45, 2.75) is 64.8 Å². The molecule has 5 heteroatoms. The first-order valence-corrected chi connectivity index (χ1v) is 11.9. The molecule has 1 aliphatic rings. The molecular weight excluding hydrogens is 410 g/mol. The van der Waals surface area contributed by atoms with E-state index < -0.39 is 5.97 Å². The first kappa shape index (κ1) is 22.8. The molecule has 4 rings (SSSR count). The van der Waals surface area contributed by atoms with E-state index in [9.17, 15) is 9.90 Å². The fourth-order valence-electron chi connectivity index (χ4n) is 4.65. The van der Waals surface area contributed by atoms with Crippen molar-refractivity contribution in [3.63, 3.8) is 0 Å². The van der Waals surface area contributed by atoms with Gasteiger partial charge in [-0.3, -0.25) is 0 Å². The largest absolute Gasteiger partial charge is 0.478 e. The Labute approximate surface area is 195 Å². The summed E-state index contributed by atoms with van der Waals surface area (Å²) in [5, 5.41) is 14.3. The minimum absolute atomic E-state index is 0.310. The van der Waals surface area contributed by atoms with Crippen LogP contribution in [-0.2, 0) is 19.4 Å². The van der Waals surface area contributed by atoms with Gasteiger partial charge in [-0.2, -0.15) is 5.10 Å². The number of carbonyl (C=O) groups is 1. The lowest BCUT2D eigenvalue weighted by Gasteiger charge is -2.20. The van der Waals surface area contributed by atoms with E-state index in [4.69, 9.17) is 10.1 Å². The predicted octanol–water partition coefficient (Wildman–Crippen LogP) is 5.77. The summed E-state index contributed by atoms with van der Waals surface area (Å²) >= 11 is 0. The van der Waals surface area contributed by atoms with Gasteiger partial charge in [0.1, 0.15) is 5.82 Å². The molecule has 3 aromatic rings. The number of aromatic nitrogens is 3. The molecule has 1 N–H and O–H groups in total. The summed E-state index contributed by atoms with van der Waals surface area (Å²) in [4.78, 5) is 16.4. The van der Waals surface area contributed by atoms with Crippen molar-refractivity contribution < 1.29 is 9.90 Å². The van der Waals surface area contributed by atoms with Crippen LogP contribution in [0.1, 0.15) is 73.0 Å². The second-order valence-electron chi connectivity index (χ2n) is 8.80. The van der Waals surface area contributed by atoms with Crippen LogP contribution in [0.5, 0.6) is 0 Å². The highest BCUT2D eigenvalue weighted by Gasteiger charge is 2.16. The van der Waals surface area contributed by atoms with Gasteiger partial charge >= 0.3 is 5.97 Å². The number of benzene rings is 2. The van der Waals surface area contributed by atoms with Crippen LogP contribution in [0.3, 0.4) is 0 Å². The van der Waals surface area contributed by atoms with Crippen LogP contribution in [0, 0.1) is 17.8 Å². The molecular formula is C28H31N3O2. The number of rotatable bonds is 8. The number of carboxylic acids is 1. The maximum Gasteiger partial charge on any atom is 0.336 e. The molecule has 2 aromatic carbocycles. The Morgan fingerprint density at radius 2 is 1.85 bits per heavy atom. The minimum Gasteiger partial charge on any atom is -0.478 e. The highest BCUT2D eigenvalue weighted by atomic mass is 16.4. The molecule has 1 aromatic heterocycles. The molecule has 0 aliphatic heterocycles. The number of aromatic carboxylic acids is 1. The van der Waals surface area contributed by atoms with E-state index in [1.54, 1.807) is 12.1 Å². The van der Waals surface area contributed by atoms with Crippen molar-refractivity contribution in [2.75, 3.05) is 0 Å². The Hall–Kier alpha value is -3.39. The van der Waals surface area contributed by atoms with Gasteiger partial charge in [0.15, 0.2) is 5.82 Å². The zero-order chi connectivity index (χ0) is 23.0. The molecule has 1 heterocycles. The van der Waals surface area contributed by atoms with E-state index in [-0.39, 0.29) is 0 Å². The number of aryl methyl sites for hydroxylation is 1. The number of nitrogens with zero attached hydrogens (tertiary/aromatic N) is 3. The van der Waals surface area contributed by atoms with Crippen LogP contribution in [0.2, 0.25) is 0 Å². The van der Waals surface area contributed by atoms with Crippen molar-refractivity contribution in [3.8, 4) is 23.0 Å². The maximum atomic E-state index is 11.6. The van der Waals surface area contributed by atoms with Crippen molar-refractivity contribution >= 4 is 5.97 Å². The molecule has 1 fully saturated rings. The highest BCUT2D eigenvalue weighted by Crippen LogP contribution is 2.27. The van der Waals surface area contributed by atoms with Crippen molar-refractivity contribution in [1.29, 1.82) is 0 Å². The topological polar surface area (TPSA) is 68.0 Å². The van der Waals surface area contributed by atoms with Gasteiger partial charge in [-0.25, -0.2) is 14.5 Å². The van der Waals surface area contributed by atoms with Crippen molar-refractivity contribution in [3.05, 3.63) is 71.3 Å². The molecule has 1 saturated carbocycles. The lowest BCUT2D eigenvalue weighted by Crippen LogP contribution is -2.08. The second-order valence-corrected chi connectivity index (χ2v) is 8.80. The molecule has 0 saturated heterocycles. The Kier molecular flexibility index (Phi) is 7.57. The normalized spacial score (nSPS) is 14.0. The lowest BCUT2D eigenvalue weighted by molar-refractivity contribution is 0.0697. The first-order chi connectivity index (χ1) is 16.1. The average Bonchev–Trinajstić information content (AvgIpc) is 3.24. The van der Waals surface area contributed by atoms with E-state index in [1.165, 1.54) is 38.5 Å². The van der Waals surface area contributed by atoms with Gasteiger partial charge in [0.05, 0.1) is 18.5 Å². The minimum atomic E-state index is -0.917. The van der Waals surface area contributed by atoms with E-state index in [0.717, 1.165) is 40.7 Å². The van der Waals surface area contributed by atoms with Crippen LogP contribution in [0.15, 0.2) is 48.5 Å². The van der Waals surface area contributed by atoms with Gasteiger partial charge in [-0.05, 0) is 42.0 Å². The van der Waals surface area contributed by atoms with Gasteiger partial charge in [0, 0.05) is 6.42 Å². The summed E-state index contributed by atoms with van der Waals surface area (Å²) in [6, 6.07) is 15.1. The monoisotopic (exact) mass is 441 g/mol. The van der Waals surface area contributed by atoms with Crippen LogP contribution < -0.4 is 0 Å². The molecule has 0 atom stereocenters. The van der Waals surface area contributed by atoms with Gasteiger partial charge in [-0.1, -0.05) is 80.5 Å². The zero-order valence-electron chi connectivity index (χ0n) is 19.3. The summed E-state index contributed by atoms with van der Waals surface area (Å²) < 4.78 is 1.97. The number of hydrogen-bond donors (Lipinski definition) is 1. The van der Waals surface area contributed by atoms with E-state index >= 15 is 0 Å². The highest BCUT2D eigenvalue weighted by molar-refractivity contribution is 5.95. The SMILES string of the molecule is CC#CCc1nc(CCC2CCCCC2)nn1Cc1ccc(-c2ccccc2C(=O)O)cc1. The van der Waals surface area contributed by atoms with E-state index in [2.05, 4.69) is 11.8 Å². The van der Waals surface area contributed by atoms with Gasteiger partial charge < -0.3 is 5.11 Å². The molecule has 0 unspecified atom stereocenters. The smallest absolute Gasteiger partial charge is 0.336 e. The molecule has 5 nitrogen and oxygen atoms in total. The van der Waals surface area contributed by atoms with Crippen LogP contribution in [-0.4, -0.2) is 25.8 Å². The first-order valence-electron chi connectivity index (χ1n) is 11.9. The third-order valence-electron chi connectivity index (χ3n) is 6.47. The molecule has 1 aliphatic carbocycles. The fraction of sp³-hybridized carbons (Fsp3) is 0.393. The summed E-state index contributed by atoms with van der Waals surface area (Å²) in [5.74, 6) is 7.81. The van der Waals surface area contributed by atoms with E-state index in [0.29, 0.717) is 18.5 Å². The van der Waals surface area contributed by atoms with E-state index in [1.807, 2.05) is 48.0 Å². The van der Waals surface area contributed by atoms with Crippen molar-refractivity contribution in [2.24, 2.45) is 5.92 Å². The van der Waals surface area contributed by atoms with Gasteiger partial charge in [-0.15, -0.1) is 5.92 Å². The molecule has 0 spiro atoms. The number of hydrogen-bond acceptors (Lipinski definition) is 3. The molecule has 0 bridgehead atoms.